The van der Waals surface area contributed by atoms with Crippen LogP contribution in [0.25, 0.3) is 0 Å². The van der Waals surface area contributed by atoms with E-state index in [0.29, 0.717) is 5.56 Å². The molecule has 0 atom stereocenters. The van der Waals surface area contributed by atoms with Gasteiger partial charge in [-0.2, -0.15) is 0 Å². The van der Waals surface area contributed by atoms with Gasteiger partial charge in [0.05, 0.1) is 0 Å². The molecular formula is C17H22N3O2PS. The van der Waals surface area contributed by atoms with E-state index in [2.05, 4.69) is 4.98 Å². The molecule has 0 amide bonds. The Hall–Kier alpha value is -1.46. The van der Waals surface area contributed by atoms with Crippen molar-refractivity contribution in [2.45, 2.75) is 11.3 Å². The second-order valence-corrected chi connectivity index (χ2v) is 10.9. The Bertz CT molecular complexity index is 739. The average Bonchev–Trinajstić information content (AvgIpc) is 2.57. The van der Waals surface area contributed by atoms with Crippen molar-refractivity contribution < 1.29 is 9.36 Å². The first kappa shape index (κ1) is 18.9. The van der Waals surface area contributed by atoms with Crippen molar-refractivity contribution in [1.82, 2.24) is 14.3 Å². The van der Waals surface area contributed by atoms with Crippen LogP contribution in [-0.4, -0.2) is 48.3 Å². The quantitative estimate of drug-likeness (QED) is 0.550. The fourth-order valence-corrected chi connectivity index (χ4v) is 6.18. The molecule has 2 rings (SSSR count). The number of pyridine rings is 1. The van der Waals surface area contributed by atoms with Gasteiger partial charge in [-0.25, -0.2) is 9.34 Å². The molecule has 128 valence electrons. The molecule has 0 bridgehead atoms. The lowest BCUT2D eigenvalue weighted by atomic mass is 10.0. The lowest BCUT2D eigenvalue weighted by molar-refractivity contribution is 0.0992. The number of carbonyl (C=O) groups excluding carboxylic acids is 1. The predicted octanol–water partition coefficient (Wildman–Crippen LogP) is 3.83. The maximum atomic E-state index is 13.2. The highest BCUT2D eigenvalue weighted by Gasteiger charge is 2.30. The highest BCUT2D eigenvalue weighted by atomic mass is 32.7. The number of carbonyl (C=O) groups is 1. The van der Waals surface area contributed by atoms with E-state index >= 15 is 0 Å². The normalized spacial score (nSPS) is 11.9. The molecule has 0 aliphatic carbocycles. The van der Waals surface area contributed by atoms with Crippen molar-refractivity contribution in [2.24, 2.45) is 0 Å². The molecule has 0 fully saturated rings. The molecule has 2 aromatic rings. The molecular weight excluding hydrogens is 341 g/mol. The summed E-state index contributed by atoms with van der Waals surface area (Å²) in [6.45, 7) is -2.77. The van der Waals surface area contributed by atoms with Crippen LogP contribution in [0.15, 0.2) is 53.7 Å². The second kappa shape index (κ2) is 8.08. The summed E-state index contributed by atoms with van der Waals surface area (Å²) in [7, 11) is 7.22. The summed E-state index contributed by atoms with van der Waals surface area (Å²) >= 11 is 1.31. The molecule has 1 heterocycles. The number of nitrogens with zero attached hydrogens (tertiary/aromatic N) is 3. The number of hydrogen-bond donors (Lipinski definition) is 0. The lowest BCUT2D eigenvalue weighted by Crippen LogP contribution is -2.18. The van der Waals surface area contributed by atoms with Crippen LogP contribution < -0.4 is 0 Å². The van der Waals surface area contributed by atoms with Crippen LogP contribution in [0.5, 0.6) is 0 Å². The fraction of sp³-hybridized carbons (Fsp3) is 0.294. The third-order valence-corrected chi connectivity index (χ3v) is 9.67. The minimum Gasteiger partial charge on any atom is -0.294 e. The Balaban J connectivity index is 2.28. The number of aromatic nitrogens is 1. The number of hydrogen-bond acceptors (Lipinski definition) is 4. The van der Waals surface area contributed by atoms with Crippen LogP contribution in [0, 0.1) is 0 Å². The smallest absolute Gasteiger partial charge is 0.275 e. The van der Waals surface area contributed by atoms with Crippen LogP contribution in [0.4, 0.5) is 0 Å². The first-order valence-electron chi connectivity index (χ1n) is 7.51. The molecule has 0 N–H and O–H groups in total. The van der Waals surface area contributed by atoms with E-state index in [1.54, 1.807) is 62.1 Å². The summed E-state index contributed by atoms with van der Waals surface area (Å²) in [6.07, 6.45) is 3.49. The van der Waals surface area contributed by atoms with Crippen molar-refractivity contribution in [2.75, 3.05) is 28.2 Å². The van der Waals surface area contributed by atoms with E-state index in [0.717, 1.165) is 10.5 Å². The fourth-order valence-electron chi connectivity index (χ4n) is 2.20. The topological polar surface area (TPSA) is 53.5 Å². The summed E-state index contributed by atoms with van der Waals surface area (Å²) in [5.41, 5.74) is 1.52. The van der Waals surface area contributed by atoms with E-state index in [4.69, 9.17) is 0 Å². The predicted molar refractivity (Wildman–Crippen MR) is 99.6 cm³/mol. The third-order valence-electron chi connectivity index (χ3n) is 3.55. The van der Waals surface area contributed by atoms with E-state index < -0.39 is 6.65 Å². The SMILES string of the molecule is CN(C)P(=O)(Sc1ccccc1CC(=O)c1ccncc1)N(C)C. The zero-order valence-corrected chi connectivity index (χ0v) is 16.1. The highest BCUT2D eigenvalue weighted by molar-refractivity contribution is 8.56. The van der Waals surface area contributed by atoms with Gasteiger partial charge in [0.15, 0.2) is 5.78 Å². The van der Waals surface area contributed by atoms with Crippen molar-refractivity contribution >= 4 is 23.8 Å². The Morgan fingerprint density at radius 3 is 2.21 bits per heavy atom. The molecule has 0 unspecified atom stereocenters. The molecule has 0 aliphatic heterocycles. The molecule has 0 saturated carbocycles. The first-order chi connectivity index (χ1) is 11.3. The summed E-state index contributed by atoms with van der Waals surface area (Å²) in [5.74, 6) is 0.0231. The van der Waals surface area contributed by atoms with E-state index in [1.807, 2.05) is 24.3 Å². The van der Waals surface area contributed by atoms with E-state index in [9.17, 15) is 9.36 Å². The molecule has 0 aliphatic rings. The second-order valence-electron chi connectivity index (χ2n) is 5.72. The standard InChI is InChI=1S/C17H22N3O2PS/c1-19(2)23(22,20(3)4)24-17-8-6-5-7-15(17)13-16(21)14-9-11-18-12-10-14/h5-12H,13H2,1-4H3. The number of Topliss-reactive ketones (excluding diaryl/α,β-unsaturated/α-hetero) is 1. The van der Waals surface area contributed by atoms with Crippen molar-refractivity contribution in [3.05, 3.63) is 59.9 Å². The summed E-state index contributed by atoms with van der Waals surface area (Å²) in [6, 6.07) is 11.1. The van der Waals surface area contributed by atoms with Crippen LogP contribution in [-0.2, 0) is 11.0 Å². The number of ketones is 1. The zero-order chi connectivity index (χ0) is 17.7. The van der Waals surface area contributed by atoms with Gasteiger partial charge in [0.1, 0.15) is 0 Å². The van der Waals surface area contributed by atoms with Crippen molar-refractivity contribution in [3.63, 3.8) is 0 Å². The summed E-state index contributed by atoms with van der Waals surface area (Å²) < 4.78 is 16.7. The van der Waals surface area contributed by atoms with Crippen molar-refractivity contribution in [3.8, 4) is 0 Å². The van der Waals surface area contributed by atoms with Gasteiger partial charge in [0.25, 0.3) is 6.65 Å². The van der Waals surface area contributed by atoms with Crippen LogP contribution >= 0.6 is 18.0 Å². The monoisotopic (exact) mass is 363 g/mol. The molecule has 0 radical (unpaired) electrons. The minimum atomic E-state index is -2.77. The van der Waals surface area contributed by atoms with Crippen LogP contribution in [0.2, 0.25) is 0 Å². The highest BCUT2D eigenvalue weighted by Crippen LogP contribution is 2.64. The van der Waals surface area contributed by atoms with E-state index in [1.165, 1.54) is 11.4 Å². The largest absolute Gasteiger partial charge is 0.294 e. The van der Waals surface area contributed by atoms with Gasteiger partial charge < -0.3 is 0 Å². The van der Waals surface area contributed by atoms with Gasteiger partial charge in [-0.3, -0.25) is 14.3 Å². The molecule has 1 aromatic heterocycles. The van der Waals surface area contributed by atoms with E-state index in [-0.39, 0.29) is 12.2 Å². The molecule has 1 aromatic carbocycles. The molecule has 5 nitrogen and oxygen atoms in total. The summed E-state index contributed by atoms with van der Waals surface area (Å²) in [5, 5.41) is 0. The van der Waals surface area contributed by atoms with Gasteiger partial charge >= 0.3 is 0 Å². The van der Waals surface area contributed by atoms with Crippen molar-refractivity contribution in [1.29, 1.82) is 0 Å². The molecule has 24 heavy (non-hydrogen) atoms. The van der Waals surface area contributed by atoms with Crippen LogP contribution in [0.3, 0.4) is 0 Å². The first-order valence-corrected chi connectivity index (χ1v) is 10.5. The van der Waals surface area contributed by atoms with Gasteiger partial charge in [0.2, 0.25) is 0 Å². The summed E-state index contributed by atoms with van der Waals surface area (Å²) in [4.78, 5) is 17.3. The number of rotatable bonds is 7. The number of benzene rings is 1. The molecule has 0 saturated heterocycles. The third kappa shape index (κ3) is 4.33. The Morgan fingerprint density at radius 2 is 1.62 bits per heavy atom. The lowest BCUT2D eigenvalue weighted by Gasteiger charge is -2.30. The average molecular weight is 363 g/mol. The van der Waals surface area contributed by atoms with Gasteiger partial charge in [0, 0.05) is 29.3 Å². The Labute approximate surface area is 147 Å². The Morgan fingerprint density at radius 1 is 1.04 bits per heavy atom. The molecule has 7 heteroatoms. The van der Waals surface area contributed by atoms with Gasteiger partial charge in [-0.05, 0) is 63.3 Å². The minimum absolute atomic E-state index is 0.0231. The van der Waals surface area contributed by atoms with Gasteiger partial charge in [-0.15, -0.1) is 0 Å². The molecule has 0 spiro atoms. The maximum absolute atomic E-state index is 13.2. The van der Waals surface area contributed by atoms with Gasteiger partial charge in [-0.1, -0.05) is 18.2 Å². The van der Waals surface area contributed by atoms with Crippen LogP contribution in [0.1, 0.15) is 15.9 Å². The Kier molecular flexibility index (Phi) is 6.35. The maximum Gasteiger partial charge on any atom is 0.275 e. The zero-order valence-electron chi connectivity index (χ0n) is 14.3.